The molecule has 0 atom stereocenters. The van der Waals surface area contributed by atoms with Gasteiger partial charge in [-0.2, -0.15) is 0 Å². The lowest BCUT2D eigenvalue weighted by molar-refractivity contribution is 0.0718. The van der Waals surface area contributed by atoms with Crippen LogP contribution in [0.5, 0.6) is 11.5 Å². The maximum atomic E-state index is 12.3. The predicted molar refractivity (Wildman–Crippen MR) is 106 cm³/mol. The summed E-state index contributed by atoms with van der Waals surface area (Å²) < 4.78 is 11.3. The van der Waals surface area contributed by atoms with Crippen LogP contribution in [-0.4, -0.2) is 11.9 Å². The Labute approximate surface area is 165 Å². The minimum atomic E-state index is -0.455. The van der Waals surface area contributed by atoms with Crippen molar-refractivity contribution in [2.75, 3.05) is 0 Å². The fraction of sp³-hybridized carbons (Fsp3) is 0.0909. The number of carbonyl (C=O) groups excluding carboxylic acids is 2. The molecule has 0 heterocycles. The average molecular weight is 425 g/mol. The molecule has 0 radical (unpaired) electrons. The lowest BCUT2D eigenvalue weighted by Crippen LogP contribution is -2.10. The molecular formula is C22H17BrO4. The summed E-state index contributed by atoms with van der Waals surface area (Å²) in [5.74, 6) is -0.209. The number of rotatable bonds is 4. The fourth-order valence-electron chi connectivity index (χ4n) is 2.50. The van der Waals surface area contributed by atoms with Gasteiger partial charge in [0.05, 0.1) is 15.6 Å². The third-order valence-electron chi connectivity index (χ3n) is 3.82. The van der Waals surface area contributed by atoms with Gasteiger partial charge in [0, 0.05) is 0 Å². The summed E-state index contributed by atoms with van der Waals surface area (Å²) in [4.78, 5) is 24.5. The zero-order valence-electron chi connectivity index (χ0n) is 14.9. The van der Waals surface area contributed by atoms with Crippen molar-refractivity contribution in [3.8, 4) is 11.5 Å². The number of benzene rings is 3. The molecule has 0 aromatic heterocycles. The van der Waals surface area contributed by atoms with Gasteiger partial charge in [-0.3, -0.25) is 0 Å². The first-order valence-electron chi connectivity index (χ1n) is 8.29. The van der Waals surface area contributed by atoms with Gasteiger partial charge >= 0.3 is 11.9 Å². The summed E-state index contributed by atoms with van der Waals surface area (Å²) >= 11 is 3.35. The van der Waals surface area contributed by atoms with Crippen LogP contribution in [0.1, 0.15) is 31.8 Å². The minimum absolute atomic E-state index is 0.344. The van der Waals surface area contributed by atoms with Crippen LogP contribution < -0.4 is 9.47 Å². The highest BCUT2D eigenvalue weighted by Gasteiger charge is 2.14. The van der Waals surface area contributed by atoms with Gasteiger partial charge in [0.1, 0.15) is 11.5 Å². The van der Waals surface area contributed by atoms with Crippen LogP contribution in [0.15, 0.2) is 71.2 Å². The molecule has 0 saturated carbocycles. The number of halogens is 1. The molecule has 136 valence electrons. The van der Waals surface area contributed by atoms with Crippen molar-refractivity contribution >= 4 is 27.9 Å². The zero-order chi connectivity index (χ0) is 19.4. The van der Waals surface area contributed by atoms with E-state index in [9.17, 15) is 9.59 Å². The van der Waals surface area contributed by atoms with E-state index in [1.165, 1.54) is 0 Å². The van der Waals surface area contributed by atoms with Crippen LogP contribution in [-0.2, 0) is 0 Å². The topological polar surface area (TPSA) is 52.6 Å². The molecule has 3 rings (SSSR count). The summed E-state index contributed by atoms with van der Waals surface area (Å²) in [6.45, 7) is 3.81. The summed E-state index contributed by atoms with van der Waals surface area (Å²) in [7, 11) is 0. The number of hydrogen-bond donors (Lipinski definition) is 0. The molecule has 0 aliphatic carbocycles. The quantitative estimate of drug-likeness (QED) is 0.409. The van der Waals surface area contributed by atoms with E-state index in [4.69, 9.17) is 9.47 Å². The van der Waals surface area contributed by atoms with Gasteiger partial charge in [0.15, 0.2) is 0 Å². The van der Waals surface area contributed by atoms with Crippen LogP contribution in [0.25, 0.3) is 0 Å². The van der Waals surface area contributed by atoms with Gasteiger partial charge in [0.25, 0.3) is 0 Å². The van der Waals surface area contributed by atoms with Crippen molar-refractivity contribution in [2.24, 2.45) is 0 Å². The van der Waals surface area contributed by atoms with Crippen LogP contribution in [0, 0.1) is 13.8 Å². The van der Waals surface area contributed by atoms with Gasteiger partial charge in [0.2, 0.25) is 0 Å². The highest BCUT2D eigenvalue weighted by atomic mass is 79.9. The van der Waals surface area contributed by atoms with Crippen molar-refractivity contribution in [3.05, 3.63) is 93.5 Å². The Kier molecular flexibility index (Phi) is 5.72. The predicted octanol–water partition coefficient (Wildman–Crippen LogP) is 5.50. The molecule has 4 nitrogen and oxygen atoms in total. The monoisotopic (exact) mass is 424 g/mol. The van der Waals surface area contributed by atoms with Gasteiger partial charge in [-0.25, -0.2) is 9.59 Å². The van der Waals surface area contributed by atoms with E-state index in [1.54, 1.807) is 54.6 Å². The Hall–Kier alpha value is -2.92. The number of ether oxygens (including phenoxy) is 2. The maximum absolute atomic E-state index is 12.3. The Bertz CT molecular complexity index is 1010. The normalized spacial score (nSPS) is 10.3. The second-order valence-corrected chi connectivity index (χ2v) is 6.96. The van der Waals surface area contributed by atoms with E-state index in [-0.39, 0.29) is 0 Å². The van der Waals surface area contributed by atoms with Crippen molar-refractivity contribution < 1.29 is 19.1 Å². The van der Waals surface area contributed by atoms with Crippen molar-refractivity contribution in [2.45, 2.75) is 13.8 Å². The largest absolute Gasteiger partial charge is 0.423 e. The van der Waals surface area contributed by atoms with Crippen LogP contribution >= 0.6 is 15.9 Å². The second-order valence-electron chi connectivity index (χ2n) is 6.11. The summed E-state index contributed by atoms with van der Waals surface area (Å²) in [6.07, 6.45) is 0. The highest BCUT2D eigenvalue weighted by Crippen LogP contribution is 2.30. The molecule has 3 aromatic rings. The van der Waals surface area contributed by atoms with Crippen LogP contribution in [0.4, 0.5) is 0 Å². The van der Waals surface area contributed by atoms with E-state index in [1.807, 2.05) is 26.0 Å². The second kappa shape index (κ2) is 8.18. The van der Waals surface area contributed by atoms with E-state index in [0.717, 1.165) is 11.1 Å². The van der Waals surface area contributed by atoms with E-state index in [2.05, 4.69) is 15.9 Å². The molecule has 0 spiro atoms. The first-order chi connectivity index (χ1) is 12.9. The van der Waals surface area contributed by atoms with E-state index < -0.39 is 11.9 Å². The Morgan fingerprint density at radius 2 is 1.30 bits per heavy atom. The van der Waals surface area contributed by atoms with E-state index in [0.29, 0.717) is 27.1 Å². The molecule has 0 saturated heterocycles. The summed E-state index contributed by atoms with van der Waals surface area (Å²) in [5, 5.41) is 0. The summed E-state index contributed by atoms with van der Waals surface area (Å²) in [5.41, 5.74) is 2.89. The zero-order valence-corrected chi connectivity index (χ0v) is 16.4. The van der Waals surface area contributed by atoms with E-state index >= 15 is 0 Å². The maximum Gasteiger partial charge on any atom is 0.343 e. The fourth-order valence-corrected chi connectivity index (χ4v) is 2.94. The summed E-state index contributed by atoms with van der Waals surface area (Å²) in [6, 6.07) is 19.1. The Morgan fingerprint density at radius 3 is 1.81 bits per heavy atom. The van der Waals surface area contributed by atoms with Gasteiger partial charge < -0.3 is 9.47 Å². The molecule has 0 fully saturated rings. The lowest BCUT2D eigenvalue weighted by atomic mass is 10.1. The number of esters is 2. The average Bonchev–Trinajstić information content (AvgIpc) is 2.64. The Morgan fingerprint density at radius 1 is 0.741 bits per heavy atom. The number of hydrogen-bond acceptors (Lipinski definition) is 4. The van der Waals surface area contributed by atoms with Gasteiger partial charge in [-0.1, -0.05) is 35.4 Å². The molecule has 0 N–H and O–H groups in total. The first-order valence-corrected chi connectivity index (χ1v) is 9.09. The van der Waals surface area contributed by atoms with Crippen LogP contribution in [0.2, 0.25) is 0 Å². The molecule has 0 amide bonds. The molecule has 5 heteroatoms. The molecule has 0 bridgehead atoms. The third kappa shape index (κ3) is 4.83. The Balaban J connectivity index is 1.72. The molecule has 0 aliphatic heterocycles. The lowest BCUT2D eigenvalue weighted by Gasteiger charge is -2.09. The molecule has 3 aromatic carbocycles. The minimum Gasteiger partial charge on any atom is -0.423 e. The highest BCUT2D eigenvalue weighted by molar-refractivity contribution is 9.10. The standard InChI is InChI=1S/C22H17BrO4/c1-14-5-3-7-16(11-14)21(24)26-18-9-10-20(19(23)13-18)27-22(25)17-8-4-6-15(2)12-17/h3-13H,1-2H3. The molecular weight excluding hydrogens is 408 g/mol. The SMILES string of the molecule is Cc1cccc(C(=O)Oc2ccc(OC(=O)c3cccc(C)c3)c(Br)c2)c1. The van der Waals surface area contributed by atoms with Gasteiger partial charge in [-0.15, -0.1) is 0 Å². The smallest absolute Gasteiger partial charge is 0.343 e. The van der Waals surface area contributed by atoms with Crippen molar-refractivity contribution in [1.82, 2.24) is 0 Å². The van der Waals surface area contributed by atoms with Crippen molar-refractivity contribution in [1.29, 1.82) is 0 Å². The number of aryl methyl sites for hydroxylation is 2. The van der Waals surface area contributed by atoms with Crippen LogP contribution in [0.3, 0.4) is 0 Å². The third-order valence-corrected chi connectivity index (χ3v) is 4.44. The van der Waals surface area contributed by atoms with Gasteiger partial charge in [-0.05, 0) is 72.2 Å². The first kappa shape index (κ1) is 18.9. The van der Waals surface area contributed by atoms with Crippen molar-refractivity contribution in [3.63, 3.8) is 0 Å². The molecule has 0 aliphatic rings. The number of carbonyl (C=O) groups is 2. The molecule has 0 unspecified atom stereocenters. The molecule has 27 heavy (non-hydrogen) atoms.